The van der Waals surface area contributed by atoms with Crippen molar-refractivity contribution in [2.24, 2.45) is 5.73 Å². The Labute approximate surface area is 133 Å². The van der Waals surface area contributed by atoms with Crippen LogP contribution in [0.3, 0.4) is 0 Å². The van der Waals surface area contributed by atoms with Crippen molar-refractivity contribution < 1.29 is 9.90 Å². The molecule has 3 N–H and O–H groups in total. The Balaban J connectivity index is 2.38. The number of phenols is 1. The van der Waals surface area contributed by atoms with Crippen LogP contribution in [0, 0.1) is 0 Å². The van der Waals surface area contributed by atoms with E-state index < -0.39 is 6.04 Å². The van der Waals surface area contributed by atoms with Gasteiger partial charge in [0.05, 0.1) is 6.04 Å². The van der Waals surface area contributed by atoms with Crippen LogP contribution in [0.2, 0.25) is 10.0 Å². The average Bonchev–Trinajstić information content (AvgIpc) is 2.45. The largest absolute Gasteiger partial charge is 0.508 e. The van der Waals surface area contributed by atoms with E-state index in [2.05, 4.69) is 0 Å². The van der Waals surface area contributed by atoms with Crippen LogP contribution < -0.4 is 5.73 Å². The van der Waals surface area contributed by atoms with E-state index in [0.717, 1.165) is 16.7 Å². The average molecular weight is 324 g/mol. The Kier molecular flexibility index (Phi) is 5.23. The van der Waals surface area contributed by atoms with Crippen molar-refractivity contribution in [2.75, 3.05) is 0 Å². The molecule has 2 rings (SSSR count). The molecule has 1 atom stereocenters. The van der Waals surface area contributed by atoms with E-state index in [-0.39, 0.29) is 5.75 Å². The molecule has 2 aromatic carbocycles. The summed E-state index contributed by atoms with van der Waals surface area (Å²) in [6.45, 7) is 0. The zero-order valence-electron chi connectivity index (χ0n) is 11.2. The lowest BCUT2D eigenvalue weighted by molar-refractivity contribution is -0.108. The van der Waals surface area contributed by atoms with Crippen molar-refractivity contribution in [3.63, 3.8) is 0 Å². The van der Waals surface area contributed by atoms with E-state index in [1.165, 1.54) is 0 Å². The fourth-order valence-electron chi connectivity index (χ4n) is 2.17. The third kappa shape index (κ3) is 3.97. The number of phenolic OH excluding ortho intramolecular Hbond substituents is 1. The third-order valence-corrected chi connectivity index (χ3v) is 3.96. The minimum Gasteiger partial charge on any atom is -0.508 e. The van der Waals surface area contributed by atoms with Gasteiger partial charge in [-0.15, -0.1) is 0 Å². The first-order valence-corrected chi connectivity index (χ1v) is 7.21. The summed E-state index contributed by atoms with van der Waals surface area (Å²) in [5.41, 5.74) is 8.21. The zero-order chi connectivity index (χ0) is 15.4. The number of benzene rings is 2. The number of aromatic hydroxyl groups is 1. The molecular weight excluding hydrogens is 309 g/mol. The molecule has 0 saturated heterocycles. The number of hydrogen-bond donors (Lipinski definition) is 2. The van der Waals surface area contributed by atoms with Crippen molar-refractivity contribution in [3.05, 3.63) is 63.1 Å². The molecule has 0 spiro atoms. The lowest BCUT2D eigenvalue weighted by atomic mass is 9.95. The van der Waals surface area contributed by atoms with Crippen molar-refractivity contribution in [2.45, 2.75) is 18.9 Å². The summed E-state index contributed by atoms with van der Waals surface area (Å²) in [5, 5.41) is 10.8. The highest BCUT2D eigenvalue weighted by Crippen LogP contribution is 2.29. The molecule has 3 nitrogen and oxygen atoms in total. The Morgan fingerprint density at radius 2 is 1.81 bits per heavy atom. The number of hydrogen-bond acceptors (Lipinski definition) is 3. The molecule has 0 saturated carbocycles. The minimum absolute atomic E-state index is 0.150. The second kappa shape index (κ2) is 6.94. The van der Waals surface area contributed by atoms with Crippen LogP contribution in [-0.2, 0) is 17.6 Å². The summed E-state index contributed by atoms with van der Waals surface area (Å²) in [6.07, 6.45) is 1.58. The molecule has 0 aliphatic heterocycles. The predicted octanol–water partition coefficient (Wildman–Crippen LogP) is 3.36. The van der Waals surface area contributed by atoms with Gasteiger partial charge >= 0.3 is 0 Å². The van der Waals surface area contributed by atoms with Crippen LogP contribution in [0.15, 0.2) is 36.4 Å². The molecule has 0 fully saturated rings. The summed E-state index contributed by atoms with van der Waals surface area (Å²) in [6, 6.07) is 9.72. The van der Waals surface area contributed by atoms with Crippen molar-refractivity contribution >= 4 is 29.5 Å². The highest BCUT2D eigenvalue weighted by atomic mass is 35.5. The van der Waals surface area contributed by atoms with Crippen LogP contribution in [-0.4, -0.2) is 17.4 Å². The first kappa shape index (κ1) is 15.8. The quantitative estimate of drug-likeness (QED) is 0.829. The van der Waals surface area contributed by atoms with E-state index in [0.29, 0.717) is 29.2 Å². The molecule has 0 bridgehead atoms. The lowest BCUT2D eigenvalue weighted by Crippen LogP contribution is -2.24. The third-order valence-electron chi connectivity index (χ3n) is 3.25. The fraction of sp³-hybridized carbons (Fsp3) is 0.188. The van der Waals surface area contributed by atoms with Gasteiger partial charge < -0.3 is 15.6 Å². The van der Waals surface area contributed by atoms with E-state index in [1.54, 1.807) is 36.4 Å². The van der Waals surface area contributed by atoms with Crippen molar-refractivity contribution in [1.82, 2.24) is 0 Å². The van der Waals surface area contributed by atoms with Gasteiger partial charge in [0, 0.05) is 16.5 Å². The normalized spacial score (nSPS) is 12.1. The topological polar surface area (TPSA) is 63.3 Å². The summed E-state index contributed by atoms with van der Waals surface area (Å²) in [5.74, 6) is 0.150. The summed E-state index contributed by atoms with van der Waals surface area (Å²) < 4.78 is 0. The monoisotopic (exact) mass is 323 g/mol. The van der Waals surface area contributed by atoms with Gasteiger partial charge in [-0.25, -0.2) is 0 Å². The number of rotatable bonds is 5. The van der Waals surface area contributed by atoms with Gasteiger partial charge in [-0.3, -0.25) is 0 Å². The number of nitrogens with two attached hydrogens (primary N) is 1. The summed E-state index contributed by atoms with van der Waals surface area (Å²) in [4.78, 5) is 10.7. The van der Waals surface area contributed by atoms with E-state index in [1.807, 2.05) is 0 Å². The van der Waals surface area contributed by atoms with Gasteiger partial charge in [0.25, 0.3) is 0 Å². The standard InChI is InChI=1S/C16H15Cl2NO2/c17-15-2-1-3-16(18)14(15)8-11-7-13(21)5-4-10(11)6-12(19)9-20/h1-5,7,9,12,21H,6,8,19H2/t12-/m0/s1. The lowest BCUT2D eigenvalue weighted by Gasteiger charge is -2.13. The number of carbonyl (C=O) groups is 1. The van der Waals surface area contributed by atoms with E-state index in [9.17, 15) is 9.90 Å². The number of carbonyl (C=O) groups excluding carboxylic acids is 1. The van der Waals surface area contributed by atoms with Crippen LogP contribution >= 0.6 is 23.2 Å². The maximum absolute atomic E-state index is 10.7. The first-order valence-electron chi connectivity index (χ1n) is 6.45. The van der Waals surface area contributed by atoms with Crippen LogP contribution in [0.25, 0.3) is 0 Å². The summed E-state index contributed by atoms with van der Waals surface area (Å²) >= 11 is 12.4. The molecule has 110 valence electrons. The molecule has 0 unspecified atom stereocenters. The molecule has 21 heavy (non-hydrogen) atoms. The molecule has 0 aliphatic carbocycles. The molecule has 0 aromatic heterocycles. The molecule has 0 aliphatic rings. The van der Waals surface area contributed by atoms with Gasteiger partial charge in [-0.05, 0) is 47.4 Å². The Bertz CT molecular complexity index is 638. The maximum Gasteiger partial charge on any atom is 0.137 e. The van der Waals surface area contributed by atoms with Gasteiger partial charge in [0.2, 0.25) is 0 Å². The Hall–Kier alpha value is -1.55. The van der Waals surface area contributed by atoms with E-state index >= 15 is 0 Å². The SMILES string of the molecule is N[C@H](C=O)Cc1ccc(O)cc1Cc1c(Cl)cccc1Cl. The second-order valence-corrected chi connectivity index (χ2v) is 5.65. The molecule has 2 aromatic rings. The molecule has 0 heterocycles. The van der Waals surface area contributed by atoms with Gasteiger partial charge in [0.1, 0.15) is 12.0 Å². The number of aldehydes is 1. The van der Waals surface area contributed by atoms with Gasteiger partial charge in [0.15, 0.2) is 0 Å². The van der Waals surface area contributed by atoms with Crippen molar-refractivity contribution in [1.29, 1.82) is 0 Å². The zero-order valence-corrected chi connectivity index (χ0v) is 12.7. The second-order valence-electron chi connectivity index (χ2n) is 4.83. The molecular formula is C16H15Cl2NO2. The van der Waals surface area contributed by atoms with Crippen molar-refractivity contribution in [3.8, 4) is 5.75 Å². The van der Waals surface area contributed by atoms with Crippen LogP contribution in [0.4, 0.5) is 0 Å². The smallest absolute Gasteiger partial charge is 0.137 e. The van der Waals surface area contributed by atoms with Crippen LogP contribution in [0.1, 0.15) is 16.7 Å². The minimum atomic E-state index is -0.574. The fourth-order valence-corrected chi connectivity index (χ4v) is 2.70. The highest BCUT2D eigenvalue weighted by molar-refractivity contribution is 6.36. The maximum atomic E-state index is 10.7. The van der Waals surface area contributed by atoms with Gasteiger partial charge in [-0.2, -0.15) is 0 Å². The first-order chi connectivity index (χ1) is 10.0. The molecule has 0 radical (unpaired) electrons. The van der Waals surface area contributed by atoms with Crippen LogP contribution in [0.5, 0.6) is 5.75 Å². The summed E-state index contributed by atoms with van der Waals surface area (Å²) in [7, 11) is 0. The Morgan fingerprint density at radius 3 is 2.43 bits per heavy atom. The highest BCUT2D eigenvalue weighted by Gasteiger charge is 2.12. The molecule has 5 heteroatoms. The van der Waals surface area contributed by atoms with Gasteiger partial charge in [-0.1, -0.05) is 35.3 Å². The Morgan fingerprint density at radius 1 is 1.14 bits per heavy atom. The van der Waals surface area contributed by atoms with E-state index in [4.69, 9.17) is 28.9 Å². The molecule has 0 amide bonds. The predicted molar refractivity (Wildman–Crippen MR) is 85.1 cm³/mol. The number of halogens is 2.